The number of rotatable bonds is 5. The Morgan fingerprint density at radius 1 is 0.850 bits per heavy atom. The van der Waals surface area contributed by atoms with Gasteiger partial charge in [-0.15, -0.1) is 0 Å². The molecule has 5 nitrogen and oxygen atoms in total. The Hall–Kier alpha value is -4.25. The lowest BCUT2D eigenvalue weighted by Crippen LogP contribution is -2.38. The molecule has 1 aliphatic carbocycles. The summed E-state index contributed by atoms with van der Waals surface area (Å²) in [6.07, 6.45) is 6.33. The standard InChI is InChI=1S/C35H34N2O3/c1-3-37(26-14-8-5-9-15-26)31-20-19-29-33(23(31)2)39-32-21-18-25(36-24-12-6-4-7-13-24)22-30(32)35(29)28-17-11-10-16-27(28)34(38)40-35/h4,6-7,10-13,16-22,26,36H,3,5,8-9,14-15H2,1-2H3. The maximum Gasteiger partial charge on any atom is 0.340 e. The number of nitrogens with one attached hydrogen (secondary N) is 1. The summed E-state index contributed by atoms with van der Waals surface area (Å²) in [5, 5.41) is 3.50. The number of carbonyl (C=O) groups is 1. The van der Waals surface area contributed by atoms with Crippen molar-refractivity contribution in [3.05, 3.63) is 113 Å². The van der Waals surface area contributed by atoms with Crippen LogP contribution < -0.4 is 15.0 Å². The number of para-hydroxylation sites is 1. The minimum Gasteiger partial charge on any atom is -0.456 e. The maximum atomic E-state index is 13.4. The van der Waals surface area contributed by atoms with Crippen LogP contribution in [0.15, 0.2) is 84.9 Å². The van der Waals surface area contributed by atoms with Gasteiger partial charge in [-0.2, -0.15) is 0 Å². The van der Waals surface area contributed by atoms with E-state index in [1.807, 2.05) is 66.7 Å². The van der Waals surface area contributed by atoms with Gasteiger partial charge in [0.15, 0.2) is 5.60 Å². The normalized spacial score (nSPS) is 19.3. The molecule has 7 rings (SSSR count). The highest BCUT2D eigenvalue weighted by atomic mass is 16.6. The number of nitrogens with zero attached hydrogens (tertiary/aromatic N) is 1. The zero-order chi connectivity index (χ0) is 27.3. The van der Waals surface area contributed by atoms with E-state index in [1.165, 1.54) is 37.8 Å². The van der Waals surface area contributed by atoms with Crippen LogP contribution >= 0.6 is 0 Å². The number of esters is 1. The van der Waals surface area contributed by atoms with Crippen LogP contribution in [0.1, 0.15) is 71.6 Å². The predicted octanol–water partition coefficient (Wildman–Crippen LogP) is 8.47. The largest absolute Gasteiger partial charge is 0.456 e. The van der Waals surface area contributed by atoms with E-state index in [0.717, 1.165) is 45.9 Å². The second-order valence-corrected chi connectivity index (χ2v) is 11.1. The average molecular weight is 531 g/mol. The van der Waals surface area contributed by atoms with E-state index in [-0.39, 0.29) is 5.97 Å². The summed E-state index contributed by atoms with van der Waals surface area (Å²) in [7, 11) is 0. The minimum absolute atomic E-state index is 0.310. The molecule has 0 radical (unpaired) electrons. The van der Waals surface area contributed by atoms with Gasteiger partial charge in [0.25, 0.3) is 0 Å². The first-order valence-corrected chi connectivity index (χ1v) is 14.5. The van der Waals surface area contributed by atoms with Crippen molar-refractivity contribution in [3.8, 4) is 11.5 Å². The van der Waals surface area contributed by atoms with Crippen LogP contribution in [0.25, 0.3) is 0 Å². The van der Waals surface area contributed by atoms with Crippen molar-refractivity contribution in [1.82, 2.24) is 0 Å². The van der Waals surface area contributed by atoms with Gasteiger partial charge in [0.05, 0.1) is 5.56 Å². The van der Waals surface area contributed by atoms with Gasteiger partial charge in [-0.25, -0.2) is 4.79 Å². The quantitative estimate of drug-likeness (QED) is 0.262. The summed E-state index contributed by atoms with van der Waals surface area (Å²) in [5.74, 6) is 1.18. The summed E-state index contributed by atoms with van der Waals surface area (Å²) in [6, 6.07) is 28.8. The SMILES string of the molecule is CCN(c1ccc2c(c1C)Oc1ccc(Nc3ccccc3)cc1C21OC(=O)c2ccccc21)C1CCCCC1. The third-order valence-corrected chi connectivity index (χ3v) is 8.83. The molecular weight excluding hydrogens is 496 g/mol. The number of anilines is 3. The third-order valence-electron chi connectivity index (χ3n) is 8.83. The number of hydrogen-bond donors (Lipinski definition) is 1. The summed E-state index contributed by atoms with van der Waals surface area (Å²) in [4.78, 5) is 15.9. The Labute approximate surface area is 235 Å². The van der Waals surface area contributed by atoms with Crippen LogP contribution in [0.3, 0.4) is 0 Å². The molecule has 1 saturated carbocycles. The van der Waals surface area contributed by atoms with E-state index in [2.05, 4.69) is 42.3 Å². The highest BCUT2D eigenvalue weighted by Crippen LogP contribution is 2.58. The molecular formula is C35H34N2O3. The number of fused-ring (bicyclic) bond motifs is 6. The van der Waals surface area contributed by atoms with Gasteiger partial charge >= 0.3 is 5.97 Å². The van der Waals surface area contributed by atoms with Gasteiger partial charge in [-0.3, -0.25) is 0 Å². The molecule has 1 atom stereocenters. The fraction of sp³-hybridized carbons (Fsp3) is 0.286. The fourth-order valence-corrected chi connectivity index (χ4v) is 6.95. The second-order valence-electron chi connectivity index (χ2n) is 11.1. The van der Waals surface area contributed by atoms with E-state index < -0.39 is 5.60 Å². The number of ether oxygens (including phenoxy) is 2. The van der Waals surface area contributed by atoms with Crippen molar-refractivity contribution in [2.75, 3.05) is 16.8 Å². The molecule has 202 valence electrons. The topological polar surface area (TPSA) is 50.8 Å². The Bertz CT molecular complexity index is 1590. The van der Waals surface area contributed by atoms with E-state index in [1.54, 1.807) is 0 Å². The summed E-state index contributed by atoms with van der Waals surface area (Å²) in [5.41, 5.74) is 6.24. The molecule has 0 bridgehead atoms. The van der Waals surface area contributed by atoms with Crippen molar-refractivity contribution in [3.63, 3.8) is 0 Å². The van der Waals surface area contributed by atoms with Crippen LogP contribution in [0.2, 0.25) is 0 Å². The van der Waals surface area contributed by atoms with E-state index in [4.69, 9.17) is 9.47 Å². The predicted molar refractivity (Wildman–Crippen MR) is 159 cm³/mol. The Balaban J connectivity index is 1.40. The van der Waals surface area contributed by atoms with Crippen molar-refractivity contribution >= 4 is 23.0 Å². The molecule has 4 aromatic carbocycles. The smallest absolute Gasteiger partial charge is 0.340 e. The molecule has 2 aliphatic heterocycles. The van der Waals surface area contributed by atoms with E-state index >= 15 is 0 Å². The highest BCUT2D eigenvalue weighted by molar-refractivity contribution is 5.97. The maximum absolute atomic E-state index is 13.4. The molecule has 2 heterocycles. The molecule has 0 aromatic heterocycles. The third kappa shape index (κ3) is 3.79. The van der Waals surface area contributed by atoms with Crippen molar-refractivity contribution in [1.29, 1.82) is 0 Å². The first-order valence-electron chi connectivity index (χ1n) is 14.5. The molecule has 4 aromatic rings. The molecule has 3 aliphatic rings. The molecule has 1 unspecified atom stereocenters. The van der Waals surface area contributed by atoms with Crippen molar-refractivity contribution < 1.29 is 14.3 Å². The Morgan fingerprint density at radius 2 is 1.62 bits per heavy atom. The number of benzene rings is 4. The van der Waals surface area contributed by atoms with Gasteiger partial charge in [0.2, 0.25) is 0 Å². The lowest BCUT2D eigenvalue weighted by molar-refractivity contribution is 0.0224. The monoisotopic (exact) mass is 530 g/mol. The van der Waals surface area contributed by atoms with Gasteiger partial charge in [0.1, 0.15) is 11.5 Å². The van der Waals surface area contributed by atoms with Crippen molar-refractivity contribution in [2.45, 2.75) is 57.6 Å². The molecule has 0 amide bonds. The van der Waals surface area contributed by atoms with E-state index in [9.17, 15) is 4.79 Å². The number of carbonyl (C=O) groups excluding carboxylic acids is 1. The molecule has 1 N–H and O–H groups in total. The fourth-order valence-electron chi connectivity index (χ4n) is 6.95. The van der Waals surface area contributed by atoms with E-state index in [0.29, 0.717) is 17.4 Å². The number of hydrogen-bond acceptors (Lipinski definition) is 5. The first-order chi connectivity index (χ1) is 19.6. The summed E-state index contributed by atoms with van der Waals surface area (Å²) < 4.78 is 13.2. The Morgan fingerprint density at radius 3 is 2.42 bits per heavy atom. The lowest BCUT2D eigenvalue weighted by Gasteiger charge is -2.40. The molecule has 1 fully saturated rings. The highest BCUT2D eigenvalue weighted by Gasteiger charge is 2.54. The zero-order valence-electron chi connectivity index (χ0n) is 23.1. The minimum atomic E-state index is -1.09. The van der Waals surface area contributed by atoms with Crippen LogP contribution in [-0.4, -0.2) is 18.6 Å². The molecule has 5 heteroatoms. The van der Waals surface area contributed by atoms with Crippen LogP contribution in [0, 0.1) is 6.92 Å². The second kappa shape index (κ2) is 9.74. The molecule has 40 heavy (non-hydrogen) atoms. The van der Waals surface area contributed by atoms with Crippen molar-refractivity contribution in [2.24, 2.45) is 0 Å². The van der Waals surface area contributed by atoms with Gasteiger partial charge in [-0.05, 0) is 75.2 Å². The van der Waals surface area contributed by atoms with Crippen LogP contribution in [0.4, 0.5) is 17.1 Å². The molecule has 1 spiro atoms. The van der Waals surface area contributed by atoms with Gasteiger partial charge in [0, 0.05) is 51.9 Å². The summed E-state index contributed by atoms with van der Waals surface area (Å²) >= 11 is 0. The zero-order valence-corrected chi connectivity index (χ0v) is 23.1. The lowest BCUT2D eigenvalue weighted by atomic mass is 9.76. The van der Waals surface area contributed by atoms with Gasteiger partial charge in [-0.1, -0.05) is 55.7 Å². The molecule has 0 saturated heterocycles. The van der Waals surface area contributed by atoms with Gasteiger partial charge < -0.3 is 19.7 Å². The van der Waals surface area contributed by atoms with Crippen LogP contribution in [-0.2, 0) is 10.3 Å². The Kier molecular flexibility index (Phi) is 6.03. The van der Waals surface area contributed by atoms with Crippen LogP contribution in [0.5, 0.6) is 11.5 Å². The summed E-state index contributed by atoms with van der Waals surface area (Å²) in [6.45, 7) is 5.33. The first kappa shape index (κ1) is 24.8. The average Bonchev–Trinajstić information content (AvgIpc) is 3.29.